The van der Waals surface area contributed by atoms with Crippen LogP contribution in [0.3, 0.4) is 0 Å². The molecule has 0 unspecified atom stereocenters. The van der Waals surface area contributed by atoms with Gasteiger partial charge in [0.2, 0.25) is 0 Å². The van der Waals surface area contributed by atoms with E-state index in [9.17, 15) is 0 Å². The molecule has 0 saturated heterocycles. The van der Waals surface area contributed by atoms with Gasteiger partial charge in [-0.3, -0.25) is 29.9 Å². The number of pyridine rings is 7. The average Bonchev–Trinajstić information content (AvgIpc) is 3.15. The Bertz CT molecular complexity index is 878. The van der Waals surface area contributed by atoms with Crippen LogP contribution in [0.15, 0.2) is 214 Å². The van der Waals surface area contributed by atoms with E-state index in [4.69, 9.17) is 0 Å². The number of aromatic nitrogens is 7. The summed E-state index contributed by atoms with van der Waals surface area (Å²) in [4.78, 5) is 25.6. The molecule has 0 fully saturated rings. The topological polar surface area (TPSA) is 148 Å². The normalized spacial score (nSPS) is 7.00. The Balaban J connectivity index is -0.000000105. The van der Waals surface area contributed by atoms with Gasteiger partial charge < -0.3 is 58.9 Å². The number of nitrogens with zero attached hydrogens (tertiary/aromatic N) is 6. The van der Waals surface area contributed by atoms with E-state index >= 15 is 0 Å². The molecule has 13 heteroatoms. The molecular formula is C35H36I2KN7O2U-4. The molecular weight excluding hydrogens is 1080 g/mol. The van der Waals surface area contributed by atoms with Crippen LogP contribution in [0.1, 0.15) is 0 Å². The molecule has 0 aliphatic carbocycles. The van der Waals surface area contributed by atoms with Crippen LogP contribution < -0.4 is 104 Å². The van der Waals surface area contributed by atoms with Crippen LogP contribution >= 0.6 is 0 Å². The minimum Gasteiger partial charge on any atom is -2.00 e. The maximum atomic E-state index is 3.78. The third-order valence-corrected chi connectivity index (χ3v) is 4.01. The summed E-state index contributed by atoms with van der Waals surface area (Å²) in [5.41, 5.74) is 0. The second-order valence-corrected chi connectivity index (χ2v) is 7.22. The standard InChI is InChI=1S/7C5H5N.2HI.K.2O.U/c7*1-2-4-6-5-3-1;;;;;;/h7*1-5H;2*1H;;;;/q;;;;;;;;;+1;2*-2;/p-1. The van der Waals surface area contributed by atoms with Gasteiger partial charge in [-0.05, 0) is 72.8 Å². The van der Waals surface area contributed by atoms with Crippen LogP contribution in [0.25, 0.3) is 0 Å². The Kier molecular flexibility index (Phi) is 66.3. The Hall–Kier alpha value is -1.88. The van der Waals surface area contributed by atoms with E-state index in [1.807, 2.05) is 140 Å². The van der Waals surface area contributed by atoms with Gasteiger partial charge in [0.15, 0.2) is 12.4 Å². The molecule has 48 heavy (non-hydrogen) atoms. The monoisotopic (exact) mass is 1120 g/mol. The third kappa shape index (κ3) is 51.0. The molecule has 0 atom stereocenters. The molecule has 1 N–H and O–H groups in total. The maximum absolute atomic E-state index is 3.78. The first kappa shape index (κ1) is 58.3. The van der Waals surface area contributed by atoms with Crippen LogP contribution in [0.2, 0.25) is 0 Å². The third-order valence-electron chi connectivity index (χ3n) is 4.01. The summed E-state index contributed by atoms with van der Waals surface area (Å²) in [5.74, 6) is 0. The Labute approximate surface area is 384 Å². The molecule has 0 aromatic carbocycles. The first-order valence-electron chi connectivity index (χ1n) is 13.0. The molecule has 9 nitrogen and oxygen atoms in total. The molecule has 7 rings (SSSR count). The number of aromatic amines is 1. The van der Waals surface area contributed by atoms with Crippen molar-refractivity contribution in [1.29, 1.82) is 0 Å². The number of hydrogen-bond acceptors (Lipinski definition) is 6. The number of hydrogen-bond donors (Lipinski definition) is 0. The number of halogens is 2. The van der Waals surface area contributed by atoms with E-state index in [1.165, 1.54) is 0 Å². The molecule has 0 amide bonds. The van der Waals surface area contributed by atoms with E-state index in [1.54, 1.807) is 74.4 Å². The van der Waals surface area contributed by atoms with Crippen molar-refractivity contribution < 1.29 is 146 Å². The first-order chi connectivity index (χ1) is 21.0. The second kappa shape index (κ2) is 54.6. The smallest absolute Gasteiger partial charge is 1.00 e. The molecule has 0 saturated carbocycles. The molecule has 0 bridgehead atoms. The van der Waals surface area contributed by atoms with E-state index in [2.05, 4.69) is 34.9 Å². The van der Waals surface area contributed by atoms with Crippen LogP contribution in [-0.4, -0.2) is 29.9 Å². The van der Waals surface area contributed by atoms with Gasteiger partial charge >= 0.3 is 51.4 Å². The largest absolute Gasteiger partial charge is 2.00 e. The van der Waals surface area contributed by atoms with E-state index in [-0.39, 0.29) is 141 Å². The predicted molar refractivity (Wildman–Crippen MR) is 170 cm³/mol. The van der Waals surface area contributed by atoms with Crippen molar-refractivity contribution in [1.82, 2.24) is 29.9 Å². The molecule has 7 heterocycles. The number of rotatable bonds is 0. The Morgan fingerprint density at radius 3 is 0.438 bits per heavy atom. The van der Waals surface area contributed by atoms with Gasteiger partial charge in [-0.2, -0.15) is 0 Å². The minimum atomic E-state index is 0. The van der Waals surface area contributed by atoms with Crippen LogP contribution in [0.5, 0.6) is 0 Å². The summed E-state index contributed by atoms with van der Waals surface area (Å²) >= 11 is 0. The van der Waals surface area contributed by atoms with Gasteiger partial charge in [0.1, 0.15) is 0 Å². The predicted octanol–water partition coefficient (Wildman–Crippen LogP) is -2.24. The van der Waals surface area contributed by atoms with Crippen molar-refractivity contribution in [3.63, 3.8) is 0 Å². The SMILES string of the molecule is [I-].[I-].[K+].[O-2].[O-2].[U].c1cc[nH+]cc1.c1ccncc1.c1ccncc1.c1ccncc1.c1ccncc1.c1ccncc1.c1ccncc1. The fourth-order valence-electron chi connectivity index (χ4n) is 2.22. The van der Waals surface area contributed by atoms with Crippen molar-refractivity contribution in [3.8, 4) is 0 Å². The molecule has 0 radical (unpaired) electrons. The van der Waals surface area contributed by atoms with Crippen LogP contribution in [0.4, 0.5) is 0 Å². The Morgan fingerprint density at radius 1 is 0.250 bits per heavy atom. The van der Waals surface area contributed by atoms with Gasteiger partial charge in [0.05, 0.1) is 0 Å². The number of H-pyrrole nitrogens is 1. The zero-order valence-electron chi connectivity index (χ0n) is 26.5. The fraction of sp³-hybridized carbons (Fsp3) is 0. The quantitative estimate of drug-likeness (QED) is 0.124. The van der Waals surface area contributed by atoms with Crippen molar-refractivity contribution in [2.24, 2.45) is 0 Å². The summed E-state index contributed by atoms with van der Waals surface area (Å²) in [5, 5.41) is 0. The summed E-state index contributed by atoms with van der Waals surface area (Å²) in [6.07, 6.45) is 24.8. The van der Waals surface area contributed by atoms with E-state index < -0.39 is 0 Å². The van der Waals surface area contributed by atoms with E-state index in [0.29, 0.717) is 0 Å². The van der Waals surface area contributed by atoms with Gasteiger partial charge in [0, 0.05) is 118 Å². The minimum absolute atomic E-state index is 0. The first-order valence-corrected chi connectivity index (χ1v) is 13.0. The molecule has 7 aromatic heterocycles. The van der Waals surface area contributed by atoms with Gasteiger partial charge in [-0.15, -0.1) is 0 Å². The van der Waals surface area contributed by atoms with Crippen LogP contribution in [0, 0.1) is 31.1 Å². The Morgan fingerprint density at radius 2 is 0.396 bits per heavy atom. The van der Waals surface area contributed by atoms with Gasteiger partial charge in [-0.25, -0.2) is 4.98 Å². The van der Waals surface area contributed by atoms with Crippen molar-refractivity contribution in [2.45, 2.75) is 0 Å². The average molecular weight is 1120 g/mol. The fourth-order valence-corrected chi connectivity index (χ4v) is 2.22. The van der Waals surface area contributed by atoms with Crippen molar-refractivity contribution in [2.75, 3.05) is 0 Å². The summed E-state index contributed by atoms with van der Waals surface area (Å²) in [6.45, 7) is 0. The summed E-state index contributed by atoms with van der Waals surface area (Å²) < 4.78 is 0. The van der Waals surface area contributed by atoms with Gasteiger partial charge in [-0.1, -0.05) is 42.5 Å². The summed E-state index contributed by atoms with van der Waals surface area (Å²) in [6, 6.07) is 40.1. The zero-order chi connectivity index (χ0) is 29.7. The molecule has 0 spiro atoms. The molecule has 0 aliphatic rings. The summed E-state index contributed by atoms with van der Waals surface area (Å²) in [7, 11) is 0. The van der Waals surface area contributed by atoms with Crippen LogP contribution in [-0.2, 0) is 11.0 Å². The molecule has 0 aliphatic heterocycles. The van der Waals surface area contributed by atoms with Gasteiger partial charge in [0.25, 0.3) is 0 Å². The zero-order valence-corrected chi connectivity index (χ0v) is 38.1. The number of nitrogens with one attached hydrogen (secondary N) is 1. The second-order valence-electron chi connectivity index (χ2n) is 7.22. The van der Waals surface area contributed by atoms with Crippen molar-refractivity contribution >= 4 is 0 Å². The van der Waals surface area contributed by atoms with Crippen molar-refractivity contribution in [3.05, 3.63) is 214 Å². The molecule has 246 valence electrons. The maximum Gasteiger partial charge on any atom is 1.00 e. The van der Waals surface area contributed by atoms with E-state index in [0.717, 1.165) is 0 Å². The molecule has 7 aromatic rings.